The van der Waals surface area contributed by atoms with Crippen molar-refractivity contribution in [2.24, 2.45) is 11.8 Å². The highest BCUT2D eigenvalue weighted by molar-refractivity contribution is 5.50. The predicted octanol–water partition coefficient (Wildman–Crippen LogP) is 3.17. The SMILES string of the molecule is CC1CN(c2ccc(CNC3CC3)cc2F)CC1C. The van der Waals surface area contributed by atoms with E-state index < -0.39 is 0 Å². The highest BCUT2D eigenvalue weighted by Gasteiger charge is 2.27. The highest BCUT2D eigenvalue weighted by Crippen LogP contribution is 2.30. The van der Waals surface area contributed by atoms with E-state index in [4.69, 9.17) is 0 Å². The Morgan fingerprint density at radius 3 is 2.47 bits per heavy atom. The molecule has 0 bridgehead atoms. The van der Waals surface area contributed by atoms with Crippen LogP contribution in [0.25, 0.3) is 0 Å². The van der Waals surface area contributed by atoms with Crippen LogP contribution in [-0.4, -0.2) is 19.1 Å². The second-order valence-electron chi connectivity index (χ2n) is 6.30. The average molecular weight is 262 g/mol. The van der Waals surface area contributed by atoms with E-state index in [0.717, 1.165) is 30.9 Å². The summed E-state index contributed by atoms with van der Waals surface area (Å²) in [5.41, 5.74) is 1.82. The van der Waals surface area contributed by atoms with Crippen LogP contribution in [-0.2, 0) is 6.54 Å². The van der Waals surface area contributed by atoms with Crippen molar-refractivity contribution in [1.82, 2.24) is 5.32 Å². The van der Waals surface area contributed by atoms with Gasteiger partial charge in [-0.25, -0.2) is 4.39 Å². The summed E-state index contributed by atoms with van der Waals surface area (Å²) in [6, 6.07) is 6.37. The summed E-state index contributed by atoms with van der Waals surface area (Å²) in [4.78, 5) is 2.18. The number of hydrogen-bond donors (Lipinski definition) is 1. The van der Waals surface area contributed by atoms with Gasteiger partial charge in [0.25, 0.3) is 0 Å². The molecule has 0 spiro atoms. The Morgan fingerprint density at radius 1 is 1.21 bits per heavy atom. The van der Waals surface area contributed by atoms with Crippen LogP contribution >= 0.6 is 0 Å². The molecular weight excluding hydrogens is 239 g/mol. The maximum atomic E-state index is 14.2. The van der Waals surface area contributed by atoms with Crippen LogP contribution in [0.4, 0.5) is 10.1 Å². The Bertz CT molecular complexity index is 446. The van der Waals surface area contributed by atoms with E-state index in [1.165, 1.54) is 12.8 Å². The molecule has 1 saturated carbocycles. The van der Waals surface area contributed by atoms with Gasteiger partial charge in [-0.15, -0.1) is 0 Å². The topological polar surface area (TPSA) is 15.3 Å². The summed E-state index contributed by atoms with van der Waals surface area (Å²) in [6.07, 6.45) is 2.54. The van der Waals surface area contributed by atoms with E-state index in [-0.39, 0.29) is 5.82 Å². The first kappa shape index (κ1) is 12.9. The number of rotatable bonds is 4. The van der Waals surface area contributed by atoms with Crippen molar-refractivity contribution >= 4 is 5.69 Å². The Hall–Kier alpha value is -1.09. The van der Waals surface area contributed by atoms with E-state index in [0.29, 0.717) is 17.9 Å². The fourth-order valence-electron chi connectivity index (χ4n) is 2.79. The summed E-state index contributed by atoms with van der Waals surface area (Å²) in [7, 11) is 0. The highest BCUT2D eigenvalue weighted by atomic mass is 19.1. The van der Waals surface area contributed by atoms with Gasteiger partial charge in [0.15, 0.2) is 0 Å². The van der Waals surface area contributed by atoms with Gasteiger partial charge in [-0.3, -0.25) is 0 Å². The maximum absolute atomic E-state index is 14.2. The second-order valence-corrected chi connectivity index (χ2v) is 6.30. The second kappa shape index (κ2) is 5.12. The average Bonchev–Trinajstić information content (AvgIpc) is 3.14. The molecule has 1 aliphatic carbocycles. The maximum Gasteiger partial charge on any atom is 0.146 e. The molecule has 2 atom stereocenters. The summed E-state index contributed by atoms with van der Waals surface area (Å²) in [5, 5.41) is 3.42. The summed E-state index contributed by atoms with van der Waals surface area (Å²) in [6.45, 7) is 7.22. The molecule has 0 radical (unpaired) electrons. The molecule has 1 saturated heterocycles. The predicted molar refractivity (Wildman–Crippen MR) is 76.8 cm³/mol. The van der Waals surface area contributed by atoms with Gasteiger partial charge in [0.1, 0.15) is 5.82 Å². The zero-order chi connectivity index (χ0) is 13.4. The third kappa shape index (κ3) is 2.92. The Kier molecular flexibility index (Phi) is 3.48. The lowest BCUT2D eigenvalue weighted by atomic mass is 10.0. The number of anilines is 1. The normalized spacial score (nSPS) is 27.0. The van der Waals surface area contributed by atoms with Crippen molar-refractivity contribution in [1.29, 1.82) is 0 Å². The minimum absolute atomic E-state index is 0.0728. The minimum Gasteiger partial charge on any atom is -0.369 e. The third-order valence-electron chi connectivity index (χ3n) is 4.51. The number of hydrogen-bond acceptors (Lipinski definition) is 2. The van der Waals surface area contributed by atoms with Crippen LogP contribution in [0.5, 0.6) is 0 Å². The van der Waals surface area contributed by atoms with Crippen LogP contribution < -0.4 is 10.2 Å². The lowest BCUT2D eigenvalue weighted by Crippen LogP contribution is -2.21. The molecule has 1 aliphatic heterocycles. The van der Waals surface area contributed by atoms with Gasteiger partial charge in [-0.05, 0) is 42.4 Å². The first-order valence-electron chi connectivity index (χ1n) is 7.40. The summed E-state index contributed by atoms with van der Waals surface area (Å²) >= 11 is 0. The molecule has 2 nitrogen and oxygen atoms in total. The lowest BCUT2D eigenvalue weighted by molar-refractivity contribution is 0.494. The molecule has 2 unspecified atom stereocenters. The van der Waals surface area contributed by atoms with Crippen molar-refractivity contribution in [3.63, 3.8) is 0 Å². The minimum atomic E-state index is -0.0728. The van der Waals surface area contributed by atoms with Crippen LogP contribution in [0.1, 0.15) is 32.3 Å². The molecule has 3 rings (SSSR count). The van der Waals surface area contributed by atoms with E-state index in [9.17, 15) is 4.39 Å². The molecule has 1 N–H and O–H groups in total. The molecule has 0 aromatic heterocycles. The van der Waals surface area contributed by atoms with Crippen molar-refractivity contribution in [2.75, 3.05) is 18.0 Å². The molecular formula is C16H23FN2. The molecule has 1 aromatic carbocycles. The molecule has 2 fully saturated rings. The monoisotopic (exact) mass is 262 g/mol. The van der Waals surface area contributed by atoms with Gasteiger partial charge >= 0.3 is 0 Å². The number of nitrogens with one attached hydrogen (secondary N) is 1. The fraction of sp³-hybridized carbons (Fsp3) is 0.625. The summed E-state index contributed by atoms with van der Waals surface area (Å²) in [5.74, 6) is 1.22. The van der Waals surface area contributed by atoms with Gasteiger partial charge in [0.05, 0.1) is 5.69 Å². The third-order valence-corrected chi connectivity index (χ3v) is 4.51. The largest absolute Gasteiger partial charge is 0.369 e. The molecule has 0 amide bonds. The van der Waals surface area contributed by atoms with Gasteiger partial charge in [-0.1, -0.05) is 19.9 Å². The molecule has 3 heteroatoms. The molecule has 104 valence electrons. The molecule has 1 aromatic rings. The van der Waals surface area contributed by atoms with Gasteiger partial charge < -0.3 is 10.2 Å². The van der Waals surface area contributed by atoms with Crippen LogP contribution in [0, 0.1) is 17.7 Å². The zero-order valence-corrected chi connectivity index (χ0v) is 11.8. The molecule has 2 aliphatic rings. The van der Waals surface area contributed by atoms with Crippen molar-refractivity contribution in [2.45, 2.75) is 39.3 Å². The Morgan fingerprint density at radius 2 is 1.89 bits per heavy atom. The van der Waals surface area contributed by atoms with Gasteiger partial charge in [0, 0.05) is 25.7 Å². The fourth-order valence-corrected chi connectivity index (χ4v) is 2.79. The van der Waals surface area contributed by atoms with Crippen LogP contribution in [0.3, 0.4) is 0 Å². The summed E-state index contributed by atoms with van der Waals surface area (Å²) < 4.78 is 14.2. The molecule has 19 heavy (non-hydrogen) atoms. The Labute approximate surface area is 115 Å². The zero-order valence-electron chi connectivity index (χ0n) is 11.8. The number of halogens is 1. The van der Waals surface area contributed by atoms with Gasteiger partial charge in [0.2, 0.25) is 0 Å². The quantitative estimate of drug-likeness (QED) is 0.896. The van der Waals surface area contributed by atoms with Crippen LogP contribution in [0.15, 0.2) is 18.2 Å². The van der Waals surface area contributed by atoms with E-state index in [1.807, 2.05) is 6.07 Å². The first-order chi connectivity index (χ1) is 9.13. The van der Waals surface area contributed by atoms with E-state index in [2.05, 4.69) is 30.1 Å². The van der Waals surface area contributed by atoms with E-state index in [1.54, 1.807) is 6.07 Å². The van der Waals surface area contributed by atoms with Crippen molar-refractivity contribution in [3.05, 3.63) is 29.6 Å². The van der Waals surface area contributed by atoms with Crippen LogP contribution in [0.2, 0.25) is 0 Å². The number of benzene rings is 1. The number of nitrogens with zero attached hydrogens (tertiary/aromatic N) is 1. The molecule has 1 heterocycles. The first-order valence-corrected chi connectivity index (χ1v) is 7.40. The lowest BCUT2D eigenvalue weighted by Gasteiger charge is -2.19. The van der Waals surface area contributed by atoms with Crippen molar-refractivity contribution in [3.8, 4) is 0 Å². The Balaban J connectivity index is 1.68. The van der Waals surface area contributed by atoms with Gasteiger partial charge in [-0.2, -0.15) is 0 Å². The van der Waals surface area contributed by atoms with E-state index >= 15 is 0 Å². The van der Waals surface area contributed by atoms with Crippen molar-refractivity contribution < 1.29 is 4.39 Å². The smallest absolute Gasteiger partial charge is 0.146 e. The standard InChI is InChI=1S/C16H23FN2/c1-11-9-19(10-12(11)2)16-6-3-13(7-15(16)17)8-18-14-4-5-14/h3,6-7,11-12,14,18H,4-5,8-10H2,1-2H3.